The van der Waals surface area contributed by atoms with Gasteiger partial charge in [0.2, 0.25) is 0 Å². The molecular weight excluding hydrogens is 275 g/mol. The molecule has 1 aromatic carbocycles. The Morgan fingerprint density at radius 3 is 2.37 bits per heavy atom. The van der Waals surface area contributed by atoms with Crippen LogP contribution in [-0.4, -0.2) is 18.9 Å². The van der Waals surface area contributed by atoms with Gasteiger partial charge in [-0.25, -0.2) is 4.79 Å². The third kappa shape index (κ3) is 4.08. The van der Waals surface area contributed by atoms with Gasteiger partial charge in [0.15, 0.2) is 0 Å². The Kier molecular flexibility index (Phi) is 4.33. The monoisotopic (exact) mass is 284 g/mol. The fourth-order valence-electron chi connectivity index (χ4n) is 1.23. The maximum Gasteiger partial charge on any atom is 0.573 e. The van der Waals surface area contributed by atoms with Crippen molar-refractivity contribution < 1.29 is 36.2 Å². The summed E-state index contributed by atoms with van der Waals surface area (Å²) in [5, 5.41) is 0. The Morgan fingerprint density at radius 1 is 1.21 bits per heavy atom. The molecule has 0 N–H and O–H groups in total. The number of alkyl halides is 5. The number of carbonyl (C=O) groups excluding carboxylic acids is 1. The lowest BCUT2D eigenvalue weighted by Crippen LogP contribution is -2.28. The van der Waals surface area contributed by atoms with E-state index in [1.807, 2.05) is 0 Å². The van der Waals surface area contributed by atoms with Gasteiger partial charge >= 0.3 is 18.3 Å². The van der Waals surface area contributed by atoms with Gasteiger partial charge in [0.05, 0.1) is 6.61 Å². The van der Waals surface area contributed by atoms with E-state index in [-0.39, 0.29) is 6.61 Å². The molecule has 0 bridgehead atoms. The van der Waals surface area contributed by atoms with Crippen molar-refractivity contribution in [2.45, 2.75) is 19.2 Å². The summed E-state index contributed by atoms with van der Waals surface area (Å²) in [5.41, 5.74) is -0.937. The maximum absolute atomic E-state index is 13.5. The first-order chi connectivity index (χ1) is 8.66. The maximum atomic E-state index is 13.5. The Hall–Kier alpha value is -1.86. The summed E-state index contributed by atoms with van der Waals surface area (Å²) < 4.78 is 70.6. The Balaban J connectivity index is 3.01. The minimum atomic E-state index is -5.00. The lowest BCUT2D eigenvalue weighted by atomic mass is 10.1. The second-order valence-corrected chi connectivity index (χ2v) is 3.37. The van der Waals surface area contributed by atoms with E-state index in [9.17, 15) is 26.7 Å². The van der Waals surface area contributed by atoms with Crippen LogP contribution in [0.5, 0.6) is 5.75 Å². The van der Waals surface area contributed by atoms with Crippen molar-refractivity contribution in [2.24, 2.45) is 0 Å². The molecule has 0 saturated carbocycles. The summed E-state index contributed by atoms with van der Waals surface area (Å²) >= 11 is 0. The van der Waals surface area contributed by atoms with Crippen molar-refractivity contribution in [3.63, 3.8) is 0 Å². The number of hydrogen-bond donors (Lipinski definition) is 0. The minimum Gasteiger partial charge on any atom is -0.461 e. The zero-order valence-electron chi connectivity index (χ0n) is 9.63. The molecule has 0 aliphatic rings. The van der Waals surface area contributed by atoms with Crippen molar-refractivity contribution in [2.75, 3.05) is 6.61 Å². The normalized spacial score (nSPS) is 12.1. The molecule has 1 rings (SSSR count). The summed E-state index contributed by atoms with van der Waals surface area (Å²) in [6, 6.07) is 3.01. The lowest BCUT2D eigenvalue weighted by molar-refractivity contribution is -0.274. The molecule has 0 spiro atoms. The van der Waals surface area contributed by atoms with Gasteiger partial charge in [0.25, 0.3) is 0 Å². The largest absolute Gasteiger partial charge is 0.573 e. The second-order valence-electron chi connectivity index (χ2n) is 3.37. The van der Waals surface area contributed by atoms with Crippen LogP contribution in [0.15, 0.2) is 24.3 Å². The molecule has 0 aliphatic heterocycles. The molecule has 0 unspecified atom stereocenters. The zero-order chi connectivity index (χ0) is 14.7. The topological polar surface area (TPSA) is 35.5 Å². The predicted molar refractivity (Wildman–Crippen MR) is 53.7 cm³/mol. The first-order valence-corrected chi connectivity index (χ1v) is 5.08. The molecule has 0 amide bonds. The van der Waals surface area contributed by atoms with Crippen LogP contribution in [0.3, 0.4) is 0 Å². The van der Waals surface area contributed by atoms with Gasteiger partial charge in [0, 0.05) is 5.56 Å². The SMILES string of the molecule is CCOC(=O)C(F)(F)c1cccc(OC(F)(F)F)c1. The Labute approximate surface area is 104 Å². The molecule has 0 aliphatic carbocycles. The van der Waals surface area contributed by atoms with E-state index in [1.54, 1.807) is 0 Å². The number of ether oxygens (including phenoxy) is 2. The van der Waals surface area contributed by atoms with Crippen LogP contribution in [0.1, 0.15) is 12.5 Å². The summed E-state index contributed by atoms with van der Waals surface area (Å²) in [7, 11) is 0. The van der Waals surface area contributed by atoms with Gasteiger partial charge in [0.1, 0.15) is 5.75 Å². The first kappa shape index (κ1) is 15.2. The second kappa shape index (κ2) is 5.41. The number of halogens is 5. The van der Waals surface area contributed by atoms with Crippen LogP contribution in [0.4, 0.5) is 22.0 Å². The van der Waals surface area contributed by atoms with Crippen LogP contribution in [0.25, 0.3) is 0 Å². The number of esters is 1. The highest BCUT2D eigenvalue weighted by atomic mass is 19.4. The third-order valence-corrected chi connectivity index (χ3v) is 1.96. The summed E-state index contributed by atoms with van der Waals surface area (Å²) in [4.78, 5) is 11.0. The van der Waals surface area contributed by atoms with Crippen molar-refractivity contribution in [1.29, 1.82) is 0 Å². The van der Waals surface area contributed by atoms with Crippen molar-refractivity contribution in [3.05, 3.63) is 29.8 Å². The first-order valence-electron chi connectivity index (χ1n) is 5.08. The highest BCUT2D eigenvalue weighted by Crippen LogP contribution is 2.33. The van der Waals surface area contributed by atoms with Gasteiger partial charge in [-0.15, -0.1) is 13.2 Å². The van der Waals surface area contributed by atoms with Gasteiger partial charge in [-0.3, -0.25) is 0 Å². The number of benzene rings is 1. The van der Waals surface area contributed by atoms with Crippen LogP contribution in [-0.2, 0) is 15.5 Å². The third-order valence-electron chi connectivity index (χ3n) is 1.96. The number of hydrogen-bond acceptors (Lipinski definition) is 3. The van der Waals surface area contributed by atoms with Gasteiger partial charge in [-0.05, 0) is 19.1 Å². The van der Waals surface area contributed by atoms with Crippen LogP contribution in [0, 0.1) is 0 Å². The molecule has 19 heavy (non-hydrogen) atoms. The van der Waals surface area contributed by atoms with E-state index in [1.165, 1.54) is 6.92 Å². The molecule has 0 radical (unpaired) electrons. The van der Waals surface area contributed by atoms with Crippen LogP contribution >= 0.6 is 0 Å². The van der Waals surface area contributed by atoms with Crippen molar-refractivity contribution in [1.82, 2.24) is 0 Å². The highest BCUT2D eigenvalue weighted by molar-refractivity contribution is 5.79. The minimum absolute atomic E-state index is 0.271. The molecule has 0 fully saturated rings. The average Bonchev–Trinajstić information content (AvgIpc) is 2.27. The van der Waals surface area contributed by atoms with E-state index in [4.69, 9.17) is 0 Å². The van der Waals surface area contributed by atoms with Gasteiger partial charge in [-0.2, -0.15) is 8.78 Å². The quantitative estimate of drug-likeness (QED) is 0.629. The van der Waals surface area contributed by atoms with Crippen LogP contribution in [0.2, 0.25) is 0 Å². The Bertz CT molecular complexity index is 456. The van der Waals surface area contributed by atoms with E-state index in [0.29, 0.717) is 6.07 Å². The number of rotatable bonds is 4. The standard InChI is InChI=1S/C11H9F5O3/c1-2-18-9(17)10(12,13)7-4-3-5-8(6-7)19-11(14,15)16/h3-6H,2H2,1H3. The van der Waals surface area contributed by atoms with Crippen molar-refractivity contribution >= 4 is 5.97 Å². The molecule has 0 saturated heterocycles. The fraction of sp³-hybridized carbons (Fsp3) is 0.364. The Morgan fingerprint density at radius 2 is 1.84 bits per heavy atom. The molecule has 0 heterocycles. The molecule has 106 valence electrons. The fourth-order valence-corrected chi connectivity index (χ4v) is 1.23. The van der Waals surface area contributed by atoms with Gasteiger partial charge in [-0.1, -0.05) is 12.1 Å². The van der Waals surface area contributed by atoms with E-state index in [2.05, 4.69) is 9.47 Å². The van der Waals surface area contributed by atoms with Crippen LogP contribution < -0.4 is 4.74 Å². The van der Waals surface area contributed by atoms with E-state index < -0.39 is 29.6 Å². The summed E-state index contributed by atoms with van der Waals surface area (Å²) in [6.45, 7) is 1.06. The van der Waals surface area contributed by atoms with E-state index in [0.717, 1.165) is 18.2 Å². The zero-order valence-corrected chi connectivity index (χ0v) is 9.63. The molecule has 8 heteroatoms. The lowest BCUT2D eigenvalue weighted by Gasteiger charge is -2.16. The summed E-state index contributed by atoms with van der Waals surface area (Å²) in [5.74, 6) is -6.71. The smallest absolute Gasteiger partial charge is 0.461 e. The summed E-state index contributed by atoms with van der Waals surface area (Å²) in [6.07, 6.45) is -5.00. The molecule has 0 aromatic heterocycles. The predicted octanol–water partition coefficient (Wildman–Crippen LogP) is 3.24. The molecule has 3 nitrogen and oxygen atoms in total. The highest BCUT2D eigenvalue weighted by Gasteiger charge is 2.43. The molecule has 1 aromatic rings. The van der Waals surface area contributed by atoms with Gasteiger partial charge < -0.3 is 9.47 Å². The van der Waals surface area contributed by atoms with E-state index >= 15 is 0 Å². The number of carbonyl (C=O) groups is 1. The molecular formula is C11H9F5O3. The van der Waals surface area contributed by atoms with Crippen molar-refractivity contribution in [3.8, 4) is 5.75 Å². The molecule has 0 atom stereocenters. The average molecular weight is 284 g/mol.